The molecule has 0 amide bonds. The van der Waals surface area contributed by atoms with Gasteiger partial charge in [0, 0.05) is 24.7 Å². The zero-order valence-corrected chi connectivity index (χ0v) is 9.87. The Labute approximate surface area is 105 Å². The van der Waals surface area contributed by atoms with Gasteiger partial charge in [-0.3, -0.25) is 10.1 Å². The number of nitro groups is 1. The van der Waals surface area contributed by atoms with E-state index >= 15 is 0 Å². The zero-order chi connectivity index (χ0) is 13.1. The van der Waals surface area contributed by atoms with Gasteiger partial charge in [-0.05, 0) is 18.9 Å². The summed E-state index contributed by atoms with van der Waals surface area (Å²) in [7, 11) is 0. The van der Waals surface area contributed by atoms with E-state index in [1.807, 2.05) is 0 Å². The Bertz CT molecular complexity index is 505. The summed E-state index contributed by atoms with van der Waals surface area (Å²) in [5.74, 6) is 0. The minimum atomic E-state index is -0.461. The van der Waals surface area contributed by atoms with E-state index in [0.717, 1.165) is 18.5 Å². The number of hydrogen-bond donors (Lipinski definition) is 1. The molecule has 1 aliphatic carbocycles. The largest absolute Gasteiger partial charge is 0.397 e. The van der Waals surface area contributed by atoms with Gasteiger partial charge in [-0.25, -0.2) is 0 Å². The lowest BCUT2D eigenvalue weighted by atomic mass is 10.2. The maximum atomic E-state index is 10.6. The maximum absolute atomic E-state index is 10.6. The van der Waals surface area contributed by atoms with Crippen LogP contribution in [0.1, 0.15) is 19.3 Å². The molecule has 2 N–H and O–H groups in total. The first-order chi connectivity index (χ1) is 8.63. The Morgan fingerprint density at radius 3 is 2.78 bits per heavy atom. The first-order valence-corrected chi connectivity index (χ1v) is 5.81. The van der Waals surface area contributed by atoms with Crippen molar-refractivity contribution in [2.24, 2.45) is 0 Å². The van der Waals surface area contributed by atoms with E-state index in [4.69, 9.17) is 11.0 Å². The molecule has 6 heteroatoms. The highest BCUT2D eigenvalue weighted by atomic mass is 16.6. The van der Waals surface area contributed by atoms with Crippen molar-refractivity contribution in [1.82, 2.24) is 0 Å². The minimum Gasteiger partial charge on any atom is -0.397 e. The average molecular weight is 246 g/mol. The van der Waals surface area contributed by atoms with Crippen LogP contribution in [0.2, 0.25) is 0 Å². The standard InChI is InChI=1S/C12H14N4O2/c13-6-1-7-15(9-2-3-9)12-5-4-10(16(17)18)8-11(12)14/h4-5,8-9H,1-3,7,14H2. The number of rotatable bonds is 5. The van der Waals surface area contributed by atoms with Crippen LogP contribution >= 0.6 is 0 Å². The fourth-order valence-corrected chi connectivity index (χ4v) is 1.97. The molecule has 94 valence electrons. The molecule has 1 saturated carbocycles. The smallest absolute Gasteiger partial charge is 0.271 e. The number of benzene rings is 1. The van der Waals surface area contributed by atoms with Gasteiger partial charge in [0.25, 0.3) is 5.69 Å². The molecule has 0 saturated heterocycles. The van der Waals surface area contributed by atoms with Crippen LogP contribution in [0.15, 0.2) is 18.2 Å². The Balaban J connectivity index is 2.25. The third-order valence-electron chi connectivity index (χ3n) is 2.98. The van der Waals surface area contributed by atoms with E-state index in [-0.39, 0.29) is 5.69 Å². The van der Waals surface area contributed by atoms with Crippen LogP contribution in [-0.4, -0.2) is 17.5 Å². The van der Waals surface area contributed by atoms with Crippen molar-refractivity contribution in [2.45, 2.75) is 25.3 Å². The van der Waals surface area contributed by atoms with Crippen molar-refractivity contribution in [2.75, 3.05) is 17.2 Å². The van der Waals surface area contributed by atoms with Gasteiger partial charge in [0.1, 0.15) is 0 Å². The van der Waals surface area contributed by atoms with Crippen LogP contribution in [0.4, 0.5) is 17.1 Å². The van der Waals surface area contributed by atoms with Crippen molar-refractivity contribution < 1.29 is 4.92 Å². The average Bonchev–Trinajstić information content (AvgIpc) is 3.15. The molecule has 1 aliphatic rings. The molecule has 0 radical (unpaired) electrons. The summed E-state index contributed by atoms with van der Waals surface area (Å²) < 4.78 is 0. The minimum absolute atomic E-state index is 0.00715. The topological polar surface area (TPSA) is 96.2 Å². The number of anilines is 2. The zero-order valence-electron chi connectivity index (χ0n) is 9.87. The number of non-ortho nitro benzene ring substituents is 1. The number of hydrogen-bond acceptors (Lipinski definition) is 5. The van der Waals surface area contributed by atoms with Gasteiger partial charge in [0.15, 0.2) is 0 Å². The highest BCUT2D eigenvalue weighted by Gasteiger charge is 2.30. The molecule has 18 heavy (non-hydrogen) atoms. The first kappa shape index (κ1) is 12.2. The van der Waals surface area contributed by atoms with Gasteiger partial charge in [-0.1, -0.05) is 0 Å². The van der Waals surface area contributed by atoms with E-state index < -0.39 is 4.92 Å². The normalized spacial score (nSPS) is 13.9. The van der Waals surface area contributed by atoms with E-state index in [9.17, 15) is 10.1 Å². The third-order valence-corrected chi connectivity index (χ3v) is 2.98. The SMILES string of the molecule is N#CCCN(c1ccc([N+](=O)[O-])cc1N)C1CC1. The summed E-state index contributed by atoms with van der Waals surface area (Å²) in [6.45, 7) is 0.614. The van der Waals surface area contributed by atoms with Crippen LogP contribution in [0.25, 0.3) is 0 Å². The van der Waals surface area contributed by atoms with Gasteiger partial charge in [0.05, 0.1) is 28.8 Å². The lowest BCUT2D eigenvalue weighted by Gasteiger charge is -2.24. The van der Waals surface area contributed by atoms with Crippen molar-refractivity contribution in [3.05, 3.63) is 28.3 Å². The third kappa shape index (κ3) is 2.51. The van der Waals surface area contributed by atoms with Crippen LogP contribution in [-0.2, 0) is 0 Å². The van der Waals surface area contributed by atoms with Crippen LogP contribution < -0.4 is 10.6 Å². The highest BCUT2D eigenvalue weighted by molar-refractivity contribution is 5.71. The summed E-state index contributed by atoms with van der Waals surface area (Å²) in [5, 5.41) is 19.3. The van der Waals surface area contributed by atoms with Crippen LogP contribution in [0.5, 0.6) is 0 Å². The molecule has 2 rings (SSSR count). The van der Waals surface area contributed by atoms with E-state index in [1.165, 1.54) is 12.1 Å². The molecule has 6 nitrogen and oxygen atoms in total. The molecule has 0 unspecified atom stereocenters. The molecule has 1 fully saturated rings. The van der Waals surface area contributed by atoms with Crippen molar-refractivity contribution in [3.63, 3.8) is 0 Å². The Morgan fingerprint density at radius 2 is 2.28 bits per heavy atom. The molecular weight excluding hydrogens is 232 g/mol. The van der Waals surface area contributed by atoms with Gasteiger partial charge < -0.3 is 10.6 Å². The maximum Gasteiger partial charge on any atom is 0.271 e. The van der Waals surface area contributed by atoms with Gasteiger partial charge in [-0.15, -0.1) is 0 Å². The Hall–Kier alpha value is -2.29. The van der Waals surface area contributed by atoms with Crippen LogP contribution in [0.3, 0.4) is 0 Å². The van der Waals surface area contributed by atoms with Crippen molar-refractivity contribution in [1.29, 1.82) is 5.26 Å². The van der Waals surface area contributed by atoms with Crippen molar-refractivity contribution >= 4 is 17.1 Å². The first-order valence-electron chi connectivity index (χ1n) is 5.81. The van der Waals surface area contributed by atoms with Gasteiger partial charge >= 0.3 is 0 Å². The molecule has 0 atom stereocenters. The summed E-state index contributed by atoms with van der Waals surface area (Å²) >= 11 is 0. The number of nitriles is 1. The summed E-state index contributed by atoms with van der Waals surface area (Å²) in [5.41, 5.74) is 7.05. The number of nitrogen functional groups attached to an aromatic ring is 1. The molecule has 0 aliphatic heterocycles. The second-order valence-electron chi connectivity index (χ2n) is 4.33. The van der Waals surface area contributed by atoms with Gasteiger partial charge in [-0.2, -0.15) is 5.26 Å². The quantitative estimate of drug-likeness (QED) is 0.487. The summed E-state index contributed by atoms with van der Waals surface area (Å²) in [4.78, 5) is 12.3. The molecule has 0 bridgehead atoms. The fraction of sp³-hybridized carbons (Fsp3) is 0.417. The second-order valence-corrected chi connectivity index (χ2v) is 4.33. The summed E-state index contributed by atoms with van der Waals surface area (Å²) in [6, 6.07) is 7.02. The highest BCUT2D eigenvalue weighted by Crippen LogP contribution is 2.36. The van der Waals surface area contributed by atoms with E-state index in [1.54, 1.807) is 6.07 Å². The number of nitro benzene ring substituents is 1. The lowest BCUT2D eigenvalue weighted by molar-refractivity contribution is -0.384. The molecule has 1 aromatic rings. The summed E-state index contributed by atoms with van der Waals surface area (Å²) in [6.07, 6.45) is 2.59. The fourth-order valence-electron chi connectivity index (χ4n) is 1.97. The molecule has 1 aromatic carbocycles. The monoisotopic (exact) mass is 246 g/mol. The molecule has 0 heterocycles. The molecular formula is C12H14N4O2. The second kappa shape index (κ2) is 4.92. The predicted molar refractivity (Wildman–Crippen MR) is 68.1 cm³/mol. The number of nitrogens with zero attached hydrogens (tertiary/aromatic N) is 3. The van der Waals surface area contributed by atoms with E-state index in [2.05, 4.69) is 11.0 Å². The number of nitrogens with two attached hydrogens (primary N) is 1. The van der Waals surface area contributed by atoms with Crippen molar-refractivity contribution in [3.8, 4) is 6.07 Å². The lowest BCUT2D eigenvalue weighted by Crippen LogP contribution is -2.27. The molecule has 0 spiro atoms. The van der Waals surface area contributed by atoms with Crippen LogP contribution in [0, 0.1) is 21.4 Å². The Morgan fingerprint density at radius 1 is 1.56 bits per heavy atom. The van der Waals surface area contributed by atoms with Gasteiger partial charge in [0.2, 0.25) is 0 Å². The molecule has 0 aromatic heterocycles. The van der Waals surface area contributed by atoms with E-state index in [0.29, 0.717) is 24.7 Å². The predicted octanol–water partition coefficient (Wildman–Crippen LogP) is 2.06. The Kier molecular flexibility index (Phi) is 3.33.